The van der Waals surface area contributed by atoms with Gasteiger partial charge in [-0.15, -0.1) is 0 Å². The van der Waals surface area contributed by atoms with Gasteiger partial charge in [0.2, 0.25) is 7.29 Å². The molecule has 0 bridgehead atoms. The molecule has 2 N–H and O–H groups in total. The van der Waals surface area contributed by atoms with E-state index in [0.29, 0.717) is 28.6 Å². The van der Waals surface area contributed by atoms with Crippen molar-refractivity contribution in [2.75, 3.05) is 16.9 Å². The van der Waals surface area contributed by atoms with E-state index in [1.54, 1.807) is 48.0 Å². The third-order valence-corrected chi connectivity index (χ3v) is 8.96. The number of methoxy groups -OCH3 is 1. The largest absolute Gasteiger partial charge is 0.495 e. The molecule has 192 valence electrons. The summed E-state index contributed by atoms with van der Waals surface area (Å²) < 4.78 is 54.5. The molecule has 1 aliphatic heterocycles. The van der Waals surface area contributed by atoms with Crippen molar-refractivity contribution in [3.63, 3.8) is 0 Å². The van der Waals surface area contributed by atoms with E-state index in [2.05, 4.69) is 9.81 Å². The number of anilines is 2. The van der Waals surface area contributed by atoms with Gasteiger partial charge in [0.25, 0.3) is 10.0 Å². The van der Waals surface area contributed by atoms with Gasteiger partial charge < -0.3 is 14.6 Å². The highest BCUT2D eigenvalue weighted by Gasteiger charge is 2.27. The van der Waals surface area contributed by atoms with Crippen LogP contribution < -0.4 is 14.5 Å². The number of nitrogens with one attached hydrogen (secondary N) is 2. The molecule has 0 aromatic heterocycles. The van der Waals surface area contributed by atoms with E-state index < -0.39 is 17.3 Å². The van der Waals surface area contributed by atoms with Crippen LogP contribution in [0.25, 0.3) is 11.5 Å². The zero-order valence-corrected chi connectivity index (χ0v) is 22.2. The van der Waals surface area contributed by atoms with Crippen LogP contribution in [0, 0.1) is 0 Å². The van der Waals surface area contributed by atoms with E-state index in [0.717, 1.165) is 11.1 Å². The first-order chi connectivity index (χ1) is 18.4. The summed E-state index contributed by atoms with van der Waals surface area (Å²) in [5.74, 6) is 4.41. The highest BCUT2D eigenvalue weighted by Crippen LogP contribution is 2.56. The molecule has 0 saturated carbocycles. The molecule has 0 saturated heterocycles. The van der Waals surface area contributed by atoms with Crippen LogP contribution in [0.3, 0.4) is 0 Å². The summed E-state index contributed by atoms with van der Waals surface area (Å²) >= 11 is 0. The lowest BCUT2D eigenvalue weighted by molar-refractivity contribution is 0.417. The Kier molecular flexibility index (Phi) is 7.09. The van der Waals surface area contributed by atoms with Crippen LogP contribution in [0.5, 0.6) is 5.75 Å². The Morgan fingerprint density at radius 1 is 0.737 bits per heavy atom. The molecule has 7 nitrogen and oxygen atoms in total. The summed E-state index contributed by atoms with van der Waals surface area (Å²) in [6, 6.07) is 31.7. The summed E-state index contributed by atoms with van der Waals surface area (Å²) in [6.07, 6.45) is 0. The number of hydrogen-bond donors (Lipinski definition) is 2. The molecule has 0 spiro atoms. The summed E-state index contributed by atoms with van der Waals surface area (Å²) in [5, 5.41) is 3.06. The fourth-order valence-corrected chi connectivity index (χ4v) is 6.92. The monoisotopic (exact) mass is 544 g/mol. The molecule has 38 heavy (non-hydrogen) atoms. The zero-order chi connectivity index (χ0) is 26.6. The summed E-state index contributed by atoms with van der Waals surface area (Å²) in [6.45, 7) is 0. The molecule has 5 rings (SSSR count). The van der Waals surface area contributed by atoms with Gasteiger partial charge >= 0.3 is 0 Å². The highest BCUT2D eigenvalue weighted by molar-refractivity contribution is 7.92. The maximum Gasteiger partial charge on any atom is 0.262 e. The number of hydrogen-bond acceptors (Lipinski definition) is 5. The van der Waals surface area contributed by atoms with E-state index in [-0.39, 0.29) is 4.90 Å². The van der Waals surface area contributed by atoms with E-state index in [1.165, 1.54) is 19.2 Å². The molecule has 0 aliphatic carbocycles. The molecular formula is C29H25N2O5PS. The minimum atomic E-state index is -3.95. The SMILES string of the molecule is COc1ccccc1NS(=O)(=O)c1cccc(NP2(=O)C=C(c3ccccc3)OC(c3ccccc3)=C2)c1. The van der Waals surface area contributed by atoms with Crippen LogP contribution in [-0.4, -0.2) is 15.5 Å². The van der Waals surface area contributed by atoms with Crippen LogP contribution in [-0.2, 0) is 19.3 Å². The number of rotatable bonds is 8. The molecule has 0 fully saturated rings. The normalized spacial score (nSPS) is 14.4. The van der Waals surface area contributed by atoms with Crippen molar-refractivity contribution in [2.45, 2.75) is 4.90 Å². The molecule has 0 amide bonds. The van der Waals surface area contributed by atoms with Crippen molar-refractivity contribution in [1.82, 2.24) is 0 Å². The van der Waals surface area contributed by atoms with Gasteiger partial charge in [0.05, 0.1) is 17.7 Å². The number of ether oxygens (including phenoxy) is 2. The van der Waals surface area contributed by atoms with Gasteiger partial charge in [-0.2, -0.15) is 0 Å². The molecule has 0 radical (unpaired) electrons. The van der Waals surface area contributed by atoms with Crippen LogP contribution >= 0.6 is 7.29 Å². The number of sulfonamides is 1. The van der Waals surface area contributed by atoms with Gasteiger partial charge in [0, 0.05) is 28.4 Å². The molecule has 4 aromatic rings. The van der Waals surface area contributed by atoms with Gasteiger partial charge in [0.15, 0.2) is 0 Å². The zero-order valence-electron chi connectivity index (χ0n) is 20.4. The van der Waals surface area contributed by atoms with Gasteiger partial charge in [-0.05, 0) is 30.3 Å². The Balaban J connectivity index is 1.49. The lowest BCUT2D eigenvalue weighted by Gasteiger charge is -2.24. The first-order valence-corrected chi connectivity index (χ1v) is 15.1. The van der Waals surface area contributed by atoms with Crippen molar-refractivity contribution >= 4 is 40.2 Å². The first-order valence-electron chi connectivity index (χ1n) is 11.7. The Labute approximate surface area is 221 Å². The second kappa shape index (κ2) is 10.6. The van der Waals surface area contributed by atoms with Gasteiger partial charge in [-0.3, -0.25) is 9.29 Å². The molecule has 0 unspecified atom stereocenters. The summed E-state index contributed by atoms with van der Waals surface area (Å²) in [4.78, 5) is 0.00721. The molecule has 1 aliphatic rings. The Bertz CT molecular complexity index is 1610. The third-order valence-electron chi connectivity index (χ3n) is 5.75. The first kappa shape index (κ1) is 25.4. The topological polar surface area (TPSA) is 93.7 Å². The van der Waals surface area contributed by atoms with E-state index in [9.17, 15) is 13.0 Å². The maximum atomic E-state index is 14.2. The lowest BCUT2D eigenvalue weighted by Crippen LogP contribution is -2.14. The number of benzene rings is 4. The van der Waals surface area contributed by atoms with Gasteiger partial charge in [-0.1, -0.05) is 78.9 Å². The van der Waals surface area contributed by atoms with Gasteiger partial charge in [0.1, 0.15) is 17.3 Å². The molecule has 0 atom stereocenters. The van der Waals surface area contributed by atoms with Crippen molar-refractivity contribution in [2.24, 2.45) is 0 Å². The standard InChI is InChI=1S/C29H25N2O5PS/c1-35-27-18-9-8-17-26(27)31-38(33,34)25-16-10-15-24(19-25)30-37(32)20-28(22-11-4-2-5-12-22)36-29(21-37)23-13-6-3-7-14-23/h2-21,31H,1H3,(H,30,32). The fourth-order valence-electron chi connectivity index (χ4n) is 3.96. The smallest absolute Gasteiger partial charge is 0.262 e. The summed E-state index contributed by atoms with van der Waals surface area (Å²) in [7, 11) is -5.85. The maximum absolute atomic E-state index is 14.2. The number of para-hydroxylation sites is 2. The third kappa shape index (κ3) is 5.67. The Morgan fingerprint density at radius 2 is 1.32 bits per heavy atom. The molecule has 1 heterocycles. The predicted octanol–water partition coefficient (Wildman–Crippen LogP) is 7.21. The van der Waals surface area contributed by atoms with E-state index in [4.69, 9.17) is 9.47 Å². The van der Waals surface area contributed by atoms with Crippen LogP contribution in [0.1, 0.15) is 11.1 Å². The average Bonchev–Trinajstić information content (AvgIpc) is 2.94. The summed E-state index contributed by atoms with van der Waals surface area (Å²) in [5.41, 5.74) is 2.24. The molecule has 9 heteroatoms. The molecular weight excluding hydrogens is 519 g/mol. The van der Waals surface area contributed by atoms with Crippen molar-refractivity contribution < 1.29 is 22.5 Å². The van der Waals surface area contributed by atoms with Crippen LogP contribution in [0.4, 0.5) is 11.4 Å². The van der Waals surface area contributed by atoms with Crippen molar-refractivity contribution in [1.29, 1.82) is 0 Å². The van der Waals surface area contributed by atoms with Crippen molar-refractivity contribution in [3.8, 4) is 5.75 Å². The van der Waals surface area contributed by atoms with Gasteiger partial charge in [-0.25, -0.2) is 8.42 Å². The van der Waals surface area contributed by atoms with Crippen LogP contribution in [0.15, 0.2) is 126 Å². The Morgan fingerprint density at radius 3 is 1.92 bits per heavy atom. The predicted molar refractivity (Wildman–Crippen MR) is 151 cm³/mol. The van der Waals surface area contributed by atoms with Crippen molar-refractivity contribution in [3.05, 3.63) is 132 Å². The van der Waals surface area contributed by atoms with E-state index >= 15 is 0 Å². The Hall–Kier alpha value is -4.26. The fraction of sp³-hybridized carbons (Fsp3) is 0.0345. The second-order valence-electron chi connectivity index (χ2n) is 8.48. The molecule has 4 aromatic carbocycles. The second-order valence-corrected chi connectivity index (χ2v) is 12.3. The highest BCUT2D eigenvalue weighted by atomic mass is 32.2. The average molecular weight is 545 g/mol. The van der Waals surface area contributed by atoms with Crippen LogP contribution in [0.2, 0.25) is 0 Å². The quantitative estimate of drug-likeness (QED) is 0.228. The van der Waals surface area contributed by atoms with E-state index in [1.807, 2.05) is 60.7 Å². The minimum Gasteiger partial charge on any atom is -0.495 e. The lowest BCUT2D eigenvalue weighted by atomic mass is 10.2. The minimum absolute atomic E-state index is 0.00721.